The minimum atomic E-state index is -1.07. The molecule has 7 nitrogen and oxygen atoms in total. The van der Waals surface area contributed by atoms with Crippen LogP contribution in [0.5, 0.6) is 0 Å². The van der Waals surface area contributed by atoms with E-state index in [-0.39, 0.29) is 11.8 Å². The maximum absolute atomic E-state index is 13.7. The Bertz CT molecular complexity index is 1350. The second-order valence-electron chi connectivity index (χ2n) is 10.1. The fraction of sp³-hybridized carbons (Fsp3) is 0.357. The quantitative estimate of drug-likeness (QED) is 0.400. The summed E-state index contributed by atoms with van der Waals surface area (Å²) in [5, 5.41) is 5.24. The van der Waals surface area contributed by atoms with Gasteiger partial charge in [0.2, 0.25) is 11.8 Å². The van der Waals surface area contributed by atoms with E-state index in [1.165, 1.54) is 10.9 Å². The van der Waals surface area contributed by atoms with E-state index >= 15 is 0 Å². The van der Waals surface area contributed by atoms with Crippen molar-refractivity contribution in [3.8, 4) is 0 Å². The molecule has 3 heterocycles. The number of nitrogens with one attached hydrogen (secondary N) is 2. The van der Waals surface area contributed by atoms with Gasteiger partial charge in [0.1, 0.15) is 6.04 Å². The van der Waals surface area contributed by atoms with Gasteiger partial charge in [0, 0.05) is 54.4 Å². The van der Waals surface area contributed by atoms with Crippen LogP contribution in [0.15, 0.2) is 67.0 Å². The molecule has 0 bridgehead atoms. The fourth-order valence-corrected chi connectivity index (χ4v) is 5.07. The number of likely N-dealkylation sites (tertiary alicyclic amines) is 1. The zero-order valence-corrected chi connectivity index (χ0v) is 20.3. The van der Waals surface area contributed by atoms with Crippen molar-refractivity contribution in [3.63, 3.8) is 0 Å². The van der Waals surface area contributed by atoms with Crippen molar-refractivity contribution in [3.05, 3.63) is 72.6 Å². The summed E-state index contributed by atoms with van der Waals surface area (Å²) in [5.41, 5.74) is 8.22. The zero-order chi connectivity index (χ0) is 24.6. The third kappa shape index (κ3) is 4.68. The Morgan fingerprint density at radius 3 is 2.57 bits per heavy atom. The second kappa shape index (κ2) is 9.23. The molecule has 2 aromatic heterocycles. The Balaban J connectivity index is 1.33. The van der Waals surface area contributed by atoms with Gasteiger partial charge in [-0.15, -0.1) is 0 Å². The largest absolute Gasteiger partial charge is 0.361 e. The Kier molecular flexibility index (Phi) is 6.11. The second-order valence-corrected chi connectivity index (χ2v) is 10.1. The predicted molar refractivity (Wildman–Crippen MR) is 139 cm³/mol. The number of rotatable bonds is 6. The van der Waals surface area contributed by atoms with Crippen LogP contribution in [0.25, 0.3) is 21.8 Å². The highest BCUT2D eigenvalue weighted by Crippen LogP contribution is 2.28. The van der Waals surface area contributed by atoms with Crippen LogP contribution >= 0.6 is 0 Å². The molecule has 1 aliphatic rings. The Labute approximate surface area is 205 Å². The predicted octanol–water partition coefficient (Wildman–Crippen LogP) is 3.75. The van der Waals surface area contributed by atoms with E-state index in [0.29, 0.717) is 25.6 Å². The summed E-state index contributed by atoms with van der Waals surface area (Å²) in [6, 6.07) is 18.2. The topological polar surface area (TPSA) is 96.1 Å². The molecule has 2 aromatic carbocycles. The smallest absolute Gasteiger partial charge is 0.245 e. The normalized spacial score (nSPS) is 16.0. The zero-order valence-electron chi connectivity index (χ0n) is 20.3. The number of amides is 2. The summed E-state index contributed by atoms with van der Waals surface area (Å²) >= 11 is 0. The molecule has 4 N–H and O–H groups in total. The Morgan fingerprint density at radius 1 is 1.09 bits per heavy atom. The van der Waals surface area contributed by atoms with Gasteiger partial charge in [-0.3, -0.25) is 9.59 Å². The van der Waals surface area contributed by atoms with Crippen LogP contribution in [0.2, 0.25) is 0 Å². The van der Waals surface area contributed by atoms with Gasteiger partial charge in [-0.25, -0.2) is 0 Å². The number of nitrogens with two attached hydrogens (primary N) is 1. The molecule has 1 aliphatic heterocycles. The van der Waals surface area contributed by atoms with E-state index < -0.39 is 11.6 Å². The minimum absolute atomic E-state index is 0.0521. The first-order valence-electron chi connectivity index (χ1n) is 12.3. The first kappa shape index (κ1) is 23.2. The monoisotopic (exact) mass is 471 g/mol. The number of para-hydroxylation sites is 2. The number of aromatic nitrogens is 2. The molecule has 4 aromatic rings. The minimum Gasteiger partial charge on any atom is -0.361 e. The first-order chi connectivity index (χ1) is 16.8. The number of hydrogen-bond donors (Lipinski definition) is 3. The molecule has 0 spiro atoms. The van der Waals surface area contributed by atoms with Crippen LogP contribution in [0.1, 0.15) is 38.3 Å². The molecule has 0 unspecified atom stereocenters. The van der Waals surface area contributed by atoms with E-state index in [1.54, 1.807) is 13.8 Å². The van der Waals surface area contributed by atoms with Crippen LogP contribution in [0.3, 0.4) is 0 Å². The lowest BCUT2D eigenvalue weighted by Gasteiger charge is -2.36. The number of carbonyl (C=O) groups is 2. The maximum atomic E-state index is 13.7. The van der Waals surface area contributed by atoms with Crippen molar-refractivity contribution in [2.45, 2.75) is 50.7 Å². The molecule has 1 saturated heterocycles. The summed E-state index contributed by atoms with van der Waals surface area (Å²) < 4.78 is 2.33. The van der Waals surface area contributed by atoms with Gasteiger partial charge in [-0.05, 0) is 55.8 Å². The van der Waals surface area contributed by atoms with Gasteiger partial charge >= 0.3 is 0 Å². The maximum Gasteiger partial charge on any atom is 0.245 e. The van der Waals surface area contributed by atoms with Gasteiger partial charge in [-0.2, -0.15) is 0 Å². The van der Waals surface area contributed by atoms with Gasteiger partial charge in [-0.1, -0.05) is 36.4 Å². The highest BCUT2D eigenvalue weighted by atomic mass is 16.2. The van der Waals surface area contributed by atoms with Crippen molar-refractivity contribution in [1.29, 1.82) is 0 Å². The van der Waals surface area contributed by atoms with Gasteiger partial charge < -0.3 is 25.5 Å². The number of piperidine rings is 1. The number of benzene rings is 2. The summed E-state index contributed by atoms with van der Waals surface area (Å²) in [5.74, 6) is -0.381. The number of H-pyrrole nitrogens is 1. The van der Waals surface area contributed by atoms with E-state index in [4.69, 9.17) is 5.73 Å². The van der Waals surface area contributed by atoms with Gasteiger partial charge in [0.25, 0.3) is 0 Å². The molecular formula is C28H33N5O2. The molecule has 1 fully saturated rings. The molecule has 182 valence electrons. The fourth-order valence-electron chi connectivity index (χ4n) is 5.07. The molecule has 2 amide bonds. The molecule has 0 saturated carbocycles. The number of hydrogen-bond acceptors (Lipinski definition) is 3. The van der Waals surface area contributed by atoms with E-state index in [2.05, 4.69) is 51.4 Å². The molecule has 5 rings (SSSR count). The van der Waals surface area contributed by atoms with Crippen molar-refractivity contribution < 1.29 is 9.59 Å². The number of nitrogens with zero attached hydrogens (tertiary/aromatic N) is 2. The molecule has 1 atom stereocenters. The van der Waals surface area contributed by atoms with E-state index in [9.17, 15) is 9.59 Å². The van der Waals surface area contributed by atoms with E-state index in [0.717, 1.165) is 29.3 Å². The molecule has 0 aliphatic carbocycles. The number of fused-ring (bicyclic) bond motifs is 2. The van der Waals surface area contributed by atoms with Crippen LogP contribution in [-0.4, -0.2) is 50.9 Å². The van der Waals surface area contributed by atoms with Crippen LogP contribution in [0, 0.1) is 0 Å². The lowest BCUT2D eigenvalue weighted by Crippen LogP contribution is -2.57. The number of aromatic amines is 1. The summed E-state index contributed by atoms with van der Waals surface area (Å²) in [7, 11) is 0. The van der Waals surface area contributed by atoms with Crippen molar-refractivity contribution in [2.75, 3.05) is 13.1 Å². The highest BCUT2D eigenvalue weighted by Gasteiger charge is 2.33. The van der Waals surface area contributed by atoms with Crippen molar-refractivity contribution in [1.82, 2.24) is 19.8 Å². The van der Waals surface area contributed by atoms with Crippen molar-refractivity contribution >= 4 is 33.6 Å². The average molecular weight is 472 g/mol. The SMILES string of the molecule is CC(C)(N)C(=O)N[C@H](Cc1c[nH]c2ccccc12)C(=O)N1CCC(n2ccc3ccccc32)CC1. The van der Waals surface area contributed by atoms with Crippen molar-refractivity contribution in [2.24, 2.45) is 5.73 Å². The summed E-state index contributed by atoms with van der Waals surface area (Å²) in [6.07, 6.45) is 6.23. The summed E-state index contributed by atoms with van der Waals surface area (Å²) in [6.45, 7) is 4.62. The first-order valence-corrected chi connectivity index (χ1v) is 12.3. The Morgan fingerprint density at radius 2 is 1.80 bits per heavy atom. The van der Waals surface area contributed by atoms with Gasteiger partial charge in [0.05, 0.1) is 5.54 Å². The third-order valence-electron chi connectivity index (χ3n) is 7.09. The number of carbonyl (C=O) groups excluding carboxylic acids is 2. The highest BCUT2D eigenvalue weighted by molar-refractivity contribution is 5.92. The molecule has 35 heavy (non-hydrogen) atoms. The molecule has 7 heteroatoms. The summed E-state index contributed by atoms with van der Waals surface area (Å²) in [4.78, 5) is 31.6. The standard InChI is InChI=1S/C28H33N5O2/c1-28(2,29)27(35)31-24(17-20-18-30-23-9-5-4-8-22(20)23)26(34)32-14-12-21(13-15-32)33-16-11-19-7-3-6-10-25(19)33/h3-11,16,18,21,24,30H,12-15,17,29H2,1-2H3,(H,31,35)/t24-/m1/s1. The van der Waals surface area contributed by atoms with Gasteiger partial charge in [0.15, 0.2) is 0 Å². The van der Waals surface area contributed by atoms with Crippen LogP contribution < -0.4 is 11.1 Å². The Hall–Kier alpha value is -3.58. The van der Waals surface area contributed by atoms with E-state index in [1.807, 2.05) is 35.4 Å². The average Bonchev–Trinajstić information content (AvgIpc) is 3.47. The molecular weight excluding hydrogens is 438 g/mol. The molecule has 0 radical (unpaired) electrons. The third-order valence-corrected chi connectivity index (χ3v) is 7.09. The lowest BCUT2D eigenvalue weighted by molar-refractivity contribution is -0.138. The van der Waals surface area contributed by atoms with Crippen LogP contribution in [-0.2, 0) is 16.0 Å². The lowest BCUT2D eigenvalue weighted by atomic mass is 9.99. The van der Waals surface area contributed by atoms with Crippen LogP contribution in [0.4, 0.5) is 0 Å².